The molecule has 0 aliphatic rings. The maximum Gasteiger partial charge on any atom is 0.175 e. The van der Waals surface area contributed by atoms with Crippen LogP contribution in [0.5, 0.6) is 0 Å². The van der Waals surface area contributed by atoms with Crippen molar-refractivity contribution in [2.24, 2.45) is 0 Å². The molecule has 0 N–H and O–H groups in total. The predicted molar refractivity (Wildman–Crippen MR) is 83.3 cm³/mol. The van der Waals surface area contributed by atoms with E-state index < -0.39 is 19.7 Å². The van der Waals surface area contributed by atoms with Crippen molar-refractivity contribution in [2.75, 3.05) is 0 Å². The summed E-state index contributed by atoms with van der Waals surface area (Å²) in [4.78, 5) is 0. The van der Waals surface area contributed by atoms with Gasteiger partial charge in [-0.2, -0.15) is 0 Å². The Morgan fingerprint density at radius 2 is 1.10 bits per heavy atom. The number of benzene rings is 1. The van der Waals surface area contributed by atoms with Crippen molar-refractivity contribution in [3.05, 3.63) is 72.5 Å². The molecule has 0 atom stereocenters. The first-order valence-electron chi connectivity index (χ1n) is 5.57. The molecule has 1 aromatic rings. The number of rotatable bonds is 6. The predicted octanol–water partition coefficient (Wildman–Crippen LogP) is 2.61. The molecule has 0 radical (unpaired) electrons. The minimum Gasteiger partial charge on any atom is -0.224 e. The normalized spacial score (nSPS) is 11.0. The lowest BCUT2D eigenvalue weighted by Gasteiger charge is -2.07. The lowest BCUT2D eigenvalue weighted by molar-refractivity contribution is 0.600. The molecule has 1 aromatic carbocycles. The van der Waals surface area contributed by atoms with Crippen LogP contribution < -0.4 is 0 Å². The summed E-state index contributed by atoms with van der Waals surface area (Å²) in [6.45, 7) is 12.5. The lowest BCUT2D eigenvalue weighted by atomic mass is 10.1. The van der Waals surface area contributed by atoms with Gasteiger partial charge in [-0.1, -0.05) is 37.4 Å². The number of sulfone groups is 2. The van der Waals surface area contributed by atoms with Crippen LogP contribution >= 0.6 is 0 Å². The van der Waals surface area contributed by atoms with Crippen molar-refractivity contribution in [1.82, 2.24) is 0 Å². The molecule has 0 heterocycles. The third-order valence-electron chi connectivity index (χ3n) is 2.34. The van der Waals surface area contributed by atoms with Crippen molar-refractivity contribution in [1.29, 1.82) is 0 Å². The number of hydrogen-bond donors (Lipinski definition) is 0. The van der Waals surface area contributed by atoms with Gasteiger partial charge >= 0.3 is 0 Å². The van der Waals surface area contributed by atoms with E-state index in [1.807, 2.05) is 0 Å². The summed E-state index contributed by atoms with van der Waals surface area (Å²) in [6.07, 6.45) is 0. The standard InChI is InChI=1S/C12H14O4S2.C2H4/c1-3-17(13,14)9-11-7-5-6-8-12(11)10-18(15,16)4-2;1-2/h3-8H,1-2,9-10H2;1-2H2. The van der Waals surface area contributed by atoms with Crippen LogP contribution in [-0.2, 0) is 31.2 Å². The third-order valence-corrected chi connectivity index (χ3v) is 4.78. The second-order valence-electron chi connectivity index (χ2n) is 3.72. The highest BCUT2D eigenvalue weighted by atomic mass is 32.2. The maximum atomic E-state index is 11.5. The Morgan fingerprint density at radius 1 is 0.800 bits per heavy atom. The molecule has 110 valence electrons. The van der Waals surface area contributed by atoms with Gasteiger partial charge in [0.05, 0.1) is 11.5 Å². The molecule has 20 heavy (non-hydrogen) atoms. The van der Waals surface area contributed by atoms with Crippen LogP contribution in [0.15, 0.2) is 61.4 Å². The van der Waals surface area contributed by atoms with Crippen LogP contribution in [0.3, 0.4) is 0 Å². The van der Waals surface area contributed by atoms with Crippen LogP contribution in [0.1, 0.15) is 11.1 Å². The average Bonchev–Trinajstić information content (AvgIpc) is 2.43. The zero-order valence-corrected chi connectivity index (χ0v) is 12.8. The minimum absolute atomic E-state index is 0.251. The molecule has 0 aliphatic heterocycles. The first-order valence-corrected chi connectivity index (χ1v) is 9.00. The molecule has 0 spiro atoms. The van der Waals surface area contributed by atoms with Crippen molar-refractivity contribution in [3.8, 4) is 0 Å². The molecule has 0 unspecified atom stereocenters. The van der Waals surface area contributed by atoms with Crippen LogP contribution in [0.2, 0.25) is 0 Å². The highest BCUT2D eigenvalue weighted by molar-refractivity contribution is 7.93. The molecular formula is C14H18O4S2. The van der Waals surface area contributed by atoms with Crippen LogP contribution in [0.4, 0.5) is 0 Å². The van der Waals surface area contributed by atoms with Crippen molar-refractivity contribution in [3.63, 3.8) is 0 Å². The van der Waals surface area contributed by atoms with E-state index in [0.29, 0.717) is 11.1 Å². The molecule has 1 rings (SSSR count). The monoisotopic (exact) mass is 314 g/mol. The van der Waals surface area contributed by atoms with Crippen molar-refractivity contribution in [2.45, 2.75) is 11.5 Å². The summed E-state index contributed by atoms with van der Waals surface area (Å²) in [6, 6.07) is 6.51. The zero-order chi connectivity index (χ0) is 15.8. The highest BCUT2D eigenvalue weighted by Gasteiger charge is 2.14. The van der Waals surface area contributed by atoms with E-state index in [0.717, 1.165) is 10.8 Å². The molecule has 0 bridgehead atoms. The second-order valence-corrected chi connectivity index (χ2v) is 7.61. The minimum atomic E-state index is -3.41. The summed E-state index contributed by atoms with van der Waals surface area (Å²) >= 11 is 0. The van der Waals surface area contributed by atoms with Gasteiger partial charge in [0.2, 0.25) is 0 Å². The smallest absolute Gasteiger partial charge is 0.175 e. The molecular weight excluding hydrogens is 296 g/mol. The molecule has 0 saturated heterocycles. The fraction of sp³-hybridized carbons (Fsp3) is 0.143. The summed E-state index contributed by atoms with van der Waals surface area (Å²) in [5.74, 6) is -0.501. The zero-order valence-electron chi connectivity index (χ0n) is 11.2. The van der Waals surface area contributed by atoms with Crippen LogP contribution in [0, 0.1) is 0 Å². The molecule has 0 aliphatic carbocycles. The summed E-state index contributed by atoms with van der Waals surface area (Å²) in [5, 5.41) is 1.73. The van der Waals surface area contributed by atoms with Gasteiger partial charge in [-0.05, 0) is 11.1 Å². The SMILES string of the molecule is C=C.C=CS(=O)(=O)Cc1ccccc1CS(=O)(=O)C=C. The fourth-order valence-electron chi connectivity index (χ4n) is 1.39. The Balaban J connectivity index is 0.00000172. The Morgan fingerprint density at radius 3 is 1.35 bits per heavy atom. The van der Waals surface area contributed by atoms with Gasteiger partial charge < -0.3 is 0 Å². The Labute approximate surface area is 121 Å². The first-order chi connectivity index (χ1) is 9.29. The van der Waals surface area contributed by atoms with Crippen LogP contribution in [-0.4, -0.2) is 16.8 Å². The fourth-order valence-corrected chi connectivity index (χ4v) is 3.06. The van der Waals surface area contributed by atoms with Gasteiger partial charge in [0, 0.05) is 10.8 Å². The van der Waals surface area contributed by atoms with E-state index in [-0.39, 0.29) is 11.5 Å². The Hall–Kier alpha value is -1.66. The van der Waals surface area contributed by atoms with E-state index in [9.17, 15) is 16.8 Å². The van der Waals surface area contributed by atoms with Gasteiger partial charge in [-0.25, -0.2) is 16.8 Å². The first kappa shape index (κ1) is 18.3. The van der Waals surface area contributed by atoms with Gasteiger partial charge in [0.25, 0.3) is 0 Å². The molecule has 0 aromatic heterocycles. The second kappa shape index (κ2) is 7.81. The van der Waals surface area contributed by atoms with E-state index in [1.54, 1.807) is 24.3 Å². The Bertz CT molecular complexity index is 612. The third kappa shape index (κ3) is 5.99. The topological polar surface area (TPSA) is 68.3 Å². The molecule has 0 fully saturated rings. The highest BCUT2D eigenvalue weighted by Crippen LogP contribution is 2.16. The molecule has 4 nitrogen and oxygen atoms in total. The van der Waals surface area contributed by atoms with Gasteiger partial charge in [-0.15, -0.1) is 13.2 Å². The van der Waals surface area contributed by atoms with Crippen molar-refractivity contribution < 1.29 is 16.8 Å². The van der Waals surface area contributed by atoms with Gasteiger partial charge in [-0.3, -0.25) is 0 Å². The van der Waals surface area contributed by atoms with E-state index >= 15 is 0 Å². The van der Waals surface area contributed by atoms with Gasteiger partial charge in [0.1, 0.15) is 0 Å². The lowest BCUT2D eigenvalue weighted by Crippen LogP contribution is -2.06. The largest absolute Gasteiger partial charge is 0.224 e. The average molecular weight is 314 g/mol. The van der Waals surface area contributed by atoms with Crippen LogP contribution in [0.25, 0.3) is 0 Å². The quantitative estimate of drug-likeness (QED) is 0.757. The summed E-state index contributed by atoms with van der Waals surface area (Å²) < 4.78 is 45.9. The van der Waals surface area contributed by atoms with E-state index in [2.05, 4.69) is 26.3 Å². The Kier molecular flexibility index (Phi) is 7.17. The maximum absolute atomic E-state index is 11.5. The molecule has 0 saturated carbocycles. The summed E-state index contributed by atoms with van der Waals surface area (Å²) in [5.41, 5.74) is 0.922. The van der Waals surface area contributed by atoms with E-state index in [4.69, 9.17) is 0 Å². The van der Waals surface area contributed by atoms with Gasteiger partial charge in [0.15, 0.2) is 19.7 Å². The molecule has 0 amide bonds. The van der Waals surface area contributed by atoms with E-state index in [1.165, 1.54) is 0 Å². The molecule has 6 heteroatoms. The number of hydrogen-bond acceptors (Lipinski definition) is 4. The van der Waals surface area contributed by atoms with Crippen molar-refractivity contribution >= 4 is 19.7 Å². The summed E-state index contributed by atoms with van der Waals surface area (Å²) in [7, 11) is -6.83.